The number of anilines is 1. The lowest BCUT2D eigenvalue weighted by Gasteiger charge is -2.30. The van der Waals surface area contributed by atoms with E-state index in [-0.39, 0.29) is 5.91 Å². The molecule has 0 radical (unpaired) electrons. The van der Waals surface area contributed by atoms with Crippen molar-refractivity contribution in [2.75, 3.05) is 5.32 Å². The fraction of sp³-hybridized carbons (Fsp3) is 0.250. The smallest absolute Gasteiger partial charge is 0.270 e. The van der Waals surface area contributed by atoms with Gasteiger partial charge in [0.25, 0.3) is 5.91 Å². The van der Waals surface area contributed by atoms with Gasteiger partial charge in [-0.05, 0) is 31.2 Å². The summed E-state index contributed by atoms with van der Waals surface area (Å²) in [5, 5.41) is 7.19. The average molecular weight is 364 g/mol. The number of aryl methyl sites for hydroxylation is 2. The van der Waals surface area contributed by atoms with Gasteiger partial charge < -0.3 is 14.8 Å². The lowest BCUT2D eigenvalue weighted by molar-refractivity contribution is -0.128. The number of hydrogen-bond acceptors (Lipinski definition) is 5. The van der Waals surface area contributed by atoms with Gasteiger partial charge in [0.05, 0.1) is 0 Å². The first-order valence-corrected chi connectivity index (χ1v) is 8.85. The number of aromatic nitrogens is 3. The molecule has 7 nitrogen and oxygen atoms in total. The van der Waals surface area contributed by atoms with Gasteiger partial charge >= 0.3 is 0 Å². The molecular weight excluding hydrogens is 344 g/mol. The van der Waals surface area contributed by atoms with E-state index in [1.165, 1.54) is 0 Å². The van der Waals surface area contributed by atoms with Crippen LogP contribution >= 0.6 is 0 Å². The van der Waals surface area contributed by atoms with Crippen LogP contribution in [0.4, 0.5) is 5.82 Å². The lowest BCUT2D eigenvalue weighted by Crippen LogP contribution is -2.46. The summed E-state index contributed by atoms with van der Waals surface area (Å²) in [7, 11) is 0. The number of nitrogens with one attached hydrogen (secondary N) is 1. The van der Waals surface area contributed by atoms with Crippen molar-refractivity contribution in [2.24, 2.45) is 0 Å². The number of pyridine rings is 1. The predicted octanol–water partition coefficient (Wildman–Crippen LogP) is 2.69. The SMILES string of the molecule is C[C@H]1Oc2ccccc2O[C@H]1C(=O)Nc1ccn(CCc2ccccn2)n1. The molecule has 1 N–H and O–H groups in total. The van der Waals surface area contributed by atoms with E-state index >= 15 is 0 Å². The molecule has 138 valence electrons. The summed E-state index contributed by atoms with van der Waals surface area (Å²) in [6.07, 6.45) is 3.23. The molecular formula is C20H20N4O3. The van der Waals surface area contributed by atoms with Crippen molar-refractivity contribution in [1.82, 2.24) is 14.8 Å². The topological polar surface area (TPSA) is 78.3 Å². The van der Waals surface area contributed by atoms with Gasteiger partial charge in [-0.3, -0.25) is 14.5 Å². The first-order chi connectivity index (χ1) is 13.2. The molecule has 0 saturated carbocycles. The molecule has 0 bridgehead atoms. The van der Waals surface area contributed by atoms with Crippen molar-refractivity contribution in [2.45, 2.75) is 32.1 Å². The van der Waals surface area contributed by atoms with E-state index in [9.17, 15) is 4.79 Å². The van der Waals surface area contributed by atoms with Gasteiger partial charge in [0.2, 0.25) is 6.10 Å². The summed E-state index contributed by atoms with van der Waals surface area (Å²) in [5.74, 6) is 1.41. The molecule has 3 aromatic rings. The fourth-order valence-corrected chi connectivity index (χ4v) is 2.93. The van der Waals surface area contributed by atoms with E-state index in [4.69, 9.17) is 9.47 Å². The van der Waals surface area contributed by atoms with E-state index in [0.29, 0.717) is 23.9 Å². The van der Waals surface area contributed by atoms with Crippen LogP contribution in [-0.4, -0.2) is 32.9 Å². The van der Waals surface area contributed by atoms with Crippen molar-refractivity contribution < 1.29 is 14.3 Å². The van der Waals surface area contributed by atoms with E-state index in [1.54, 1.807) is 23.0 Å². The predicted molar refractivity (Wildman–Crippen MR) is 99.7 cm³/mol. The molecule has 0 fully saturated rings. The monoisotopic (exact) mass is 364 g/mol. The number of carbonyl (C=O) groups excluding carboxylic acids is 1. The average Bonchev–Trinajstić information content (AvgIpc) is 3.14. The Balaban J connectivity index is 1.37. The first kappa shape index (κ1) is 17.1. The van der Waals surface area contributed by atoms with Crippen molar-refractivity contribution >= 4 is 11.7 Å². The molecule has 0 unspecified atom stereocenters. The highest BCUT2D eigenvalue weighted by Gasteiger charge is 2.34. The zero-order valence-electron chi connectivity index (χ0n) is 14.9. The van der Waals surface area contributed by atoms with Gasteiger partial charge in [-0.15, -0.1) is 0 Å². The highest BCUT2D eigenvalue weighted by molar-refractivity contribution is 5.94. The van der Waals surface area contributed by atoms with Crippen molar-refractivity contribution in [3.05, 3.63) is 66.6 Å². The highest BCUT2D eigenvalue weighted by atomic mass is 16.6. The normalized spacial score (nSPS) is 18.1. The second-order valence-corrected chi connectivity index (χ2v) is 6.33. The molecule has 1 aromatic carbocycles. The maximum Gasteiger partial charge on any atom is 0.270 e. The van der Waals surface area contributed by atoms with Crippen LogP contribution in [0.2, 0.25) is 0 Å². The summed E-state index contributed by atoms with van der Waals surface area (Å²) in [4.78, 5) is 16.9. The molecule has 1 aliphatic rings. The van der Waals surface area contributed by atoms with Gasteiger partial charge in [-0.25, -0.2) is 0 Å². The van der Waals surface area contributed by atoms with Crippen LogP contribution in [0.25, 0.3) is 0 Å². The van der Waals surface area contributed by atoms with Gasteiger partial charge in [0, 0.05) is 37.1 Å². The van der Waals surface area contributed by atoms with Crippen LogP contribution in [-0.2, 0) is 17.8 Å². The number of ether oxygens (including phenoxy) is 2. The number of benzene rings is 1. The Kier molecular flexibility index (Phi) is 4.74. The highest BCUT2D eigenvalue weighted by Crippen LogP contribution is 2.33. The number of carbonyl (C=O) groups is 1. The summed E-state index contributed by atoms with van der Waals surface area (Å²) in [6.45, 7) is 2.49. The van der Waals surface area contributed by atoms with Crippen LogP contribution in [0.5, 0.6) is 11.5 Å². The summed E-state index contributed by atoms with van der Waals surface area (Å²) < 4.78 is 13.4. The fourth-order valence-electron chi connectivity index (χ4n) is 2.93. The van der Waals surface area contributed by atoms with Gasteiger partial charge in [-0.2, -0.15) is 5.10 Å². The molecule has 0 saturated heterocycles. The van der Waals surface area contributed by atoms with E-state index in [0.717, 1.165) is 12.1 Å². The second kappa shape index (κ2) is 7.49. The summed E-state index contributed by atoms with van der Waals surface area (Å²) in [6, 6.07) is 14.9. The standard InChI is InChI=1S/C20H20N4O3/c1-14-19(27-17-8-3-2-7-16(17)26-14)20(25)22-18-10-13-24(23-18)12-9-15-6-4-5-11-21-15/h2-8,10-11,13-14,19H,9,12H2,1H3,(H,22,23,25)/t14-,19-/m1/s1. The molecule has 0 aliphatic carbocycles. The number of amides is 1. The Labute approximate surface area is 156 Å². The number of fused-ring (bicyclic) bond motifs is 1. The lowest BCUT2D eigenvalue weighted by atomic mass is 10.1. The van der Waals surface area contributed by atoms with E-state index in [2.05, 4.69) is 15.4 Å². The third-order valence-electron chi connectivity index (χ3n) is 4.32. The van der Waals surface area contributed by atoms with E-state index < -0.39 is 12.2 Å². The Morgan fingerprint density at radius 2 is 1.89 bits per heavy atom. The molecule has 3 heterocycles. The Hall–Kier alpha value is -3.35. The minimum atomic E-state index is -0.737. The number of nitrogens with zero attached hydrogens (tertiary/aromatic N) is 3. The largest absolute Gasteiger partial charge is 0.482 e. The first-order valence-electron chi connectivity index (χ1n) is 8.85. The minimum Gasteiger partial charge on any atom is -0.482 e. The minimum absolute atomic E-state index is 0.285. The van der Waals surface area contributed by atoms with Crippen LogP contribution in [0, 0.1) is 0 Å². The molecule has 1 amide bonds. The summed E-state index contributed by atoms with van der Waals surface area (Å²) >= 11 is 0. The van der Waals surface area contributed by atoms with Crippen molar-refractivity contribution in [3.8, 4) is 11.5 Å². The molecule has 7 heteroatoms. The van der Waals surface area contributed by atoms with Gasteiger partial charge in [0.1, 0.15) is 6.10 Å². The maximum atomic E-state index is 12.6. The Bertz CT molecular complexity index is 926. The van der Waals surface area contributed by atoms with Crippen molar-refractivity contribution in [1.29, 1.82) is 0 Å². The number of hydrogen-bond donors (Lipinski definition) is 1. The maximum absolute atomic E-state index is 12.6. The van der Waals surface area contributed by atoms with Crippen LogP contribution in [0.1, 0.15) is 12.6 Å². The molecule has 27 heavy (non-hydrogen) atoms. The van der Waals surface area contributed by atoms with Gasteiger partial charge in [0.15, 0.2) is 17.3 Å². The quantitative estimate of drug-likeness (QED) is 0.753. The zero-order valence-corrected chi connectivity index (χ0v) is 14.9. The number of para-hydroxylation sites is 2. The van der Waals surface area contributed by atoms with Crippen LogP contribution < -0.4 is 14.8 Å². The molecule has 2 atom stereocenters. The summed E-state index contributed by atoms with van der Waals surface area (Å²) in [5.41, 5.74) is 0.999. The third kappa shape index (κ3) is 3.92. The zero-order chi connectivity index (χ0) is 18.6. The van der Waals surface area contributed by atoms with E-state index in [1.807, 2.05) is 49.5 Å². The molecule has 0 spiro atoms. The Morgan fingerprint density at radius 3 is 2.67 bits per heavy atom. The molecule has 4 rings (SSSR count). The van der Waals surface area contributed by atoms with Crippen molar-refractivity contribution in [3.63, 3.8) is 0 Å². The Morgan fingerprint density at radius 1 is 1.11 bits per heavy atom. The van der Waals surface area contributed by atoms with Crippen LogP contribution in [0.15, 0.2) is 60.9 Å². The molecule has 1 aliphatic heterocycles. The van der Waals surface area contributed by atoms with Crippen LogP contribution in [0.3, 0.4) is 0 Å². The number of rotatable bonds is 5. The van der Waals surface area contributed by atoms with Gasteiger partial charge in [-0.1, -0.05) is 18.2 Å². The second-order valence-electron chi connectivity index (χ2n) is 6.33. The molecule has 2 aromatic heterocycles. The third-order valence-corrected chi connectivity index (χ3v) is 4.32.